The number of nitrogens with zero attached hydrogens (tertiary/aromatic N) is 2. The normalized spacial score (nSPS) is 12.7. The summed E-state index contributed by atoms with van der Waals surface area (Å²) < 4.78 is 2.88. The number of aromatic nitrogens is 2. The van der Waals surface area contributed by atoms with E-state index in [4.69, 9.17) is 28.9 Å². The molecule has 2 rings (SSSR count). The van der Waals surface area contributed by atoms with Gasteiger partial charge in [0.05, 0.1) is 22.4 Å². The van der Waals surface area contributed by atoms with E-state index in [9.17, 15) is 0 Å². The summed E-state index contributed by atoms with van der Waals surface area (Å²) in [6.45, 7) is 2.96. The molecule has 0 radical (unpaired) electrons. The largest absolute Gasteiger partial charge is 0.322 e. The van der Waals surface area contributed by atoms with Gasteiger partial charge in [0.15, 0.2) is 0 Å². The molecule has 0 saturated heterocycles. The first-order valence-corrected chi connectivity index (χ1v) is 7.98. The molecule has 3 nitrogen and oxygen atoms in total. The van der Waals surface area contributed by atoms with Crippen LogP contribution in [0, 0.1) is 0 Å². The first-order valence-electron chi connectivity index (χ1n) is 6.43. The molecule has 1 aromatic carbocycles. The van der Waals surface area contributed by atoms with Crippen molar-refractivity contribution in [2.75, 3.05) is 0 Å². The van der Waals surface area contributed by atoms with Crippen molar-refractivity contribution in [2.45, 2.75) is 32.4 Å². The summed E-state index contributed by atoms with van der Waals surface area (Å²) in [6.07, 6.45) is 3.44. The maximum absolute atomic E-state index is 6.33. The van der Waals surface area contributed by atoms with Crippen LogP contribution in [0.4, 0.5) is 0 Å². The molecule has 1 unspecified atom stereocenters. The zero-order chi connectivity index (χ0) is 14.7. The van der Waals surface area contributed by atoms with Crippen molar-refractivity contribution in [3.63, 3.8) is 0 Å². The monoisotopic (exact) mass is 375 g/mol. The third-order valence-corrected chi connectivity index (χ3v) is 4.27. The van der Waals surface area contributed by atoms with Gasteiger partial charge in [0.25, 0.3) is 0 Å². The Balaban J connectivity index is 2.23. The van der Waals surface area contributed by atoms with Crippen molar-refractivity contribution in [2.24, 2.45) is 5.73 Å². The molecule has 1 aromatic heterocycles. The molecule has 0 aliphatic rings. The average molecular weight is 377 g/mol. The van der Waals surface area contributed by atoms with Gasteiger partial charge in [-0.25, -0.2) is 0 Å². The molecule has 108 valence electrons. The molecule has 0 fully saturated rings. The van der Waals surface area contributed by atoms with Crippen molar-refractivity contribution in [3.05, 3.63) is 50.2 Å². The lowest BCUT2D eigenvalue weighted by Crippen LogP contribution is -2.19. The van der Waals surface area contributed by atoms with Crippen LogP contribution in [0.3, 0.4) is 0 Å². The molecule has 6 heteroatoms. The van der Waals surface area contributed by atoms with Gasteiger partial charge < -0.3 is 5.73 Å². The summed E-state index contributed by atoms with van der Waals surface area (Å²) in [5, 5.41) is 5.61. The van der Waals surface area contributed by atoms with Crippen LogP contribution in [-0.2, 0) is 13.0 Å². The van der Waals surface area contributed by atoms with Crippen molar-refractivity contribution >= 4 is 39.1 Å². The Morgan fingerprint density at radius 2 is 2.15 bits per heavy atom. The zero-order valence-corrected chi connectivity index (χ0v) is 14.2. The molecule has 0 saturated carbocycles. The van der Waals surface area contributed by atoms with Crippen molar-refractivity contribution in [3.8, 4) is 0 Å². The van der Waals surface area contributed by atoms with E-state index in [2.05, 4.69) is 28.0 Å². The van der Waals surface area contributed by atoms with Crippen molar-refractivity contribution in [1.29, 1.82) is 0 Å². The Labute approximate surface area is 137 Å². The number of nitrogens with two attached hydrogens (primary N) is 1. The molecule has 1 atom stereocenters. The second kappa shape index (κ2) is 6.94. The molecular weight excluding hydrogens is 361 g/mol. The highest BCUT2D eigenvalue weighted by Crippen LogP contribution is 2.28. The van der Waals surface area contributed by atoms with Crippen LogP contribution >= 0.6 is 39.1 Å². The van der Waals surface area contributed by atoms with Gasteiger partial charge in [0, 0.05) is 16.6 Å². The van der Waals surface area contributed by atoms with Crippen LogP contribution in [0.5, 0.6) is 0 Å². The molecule has 0 aliphatic carbocycles. The number of aryl methyl sites for hydroxylation is 1. The Kier molecular flexibility index (Phi) is 5.49. The molecule has 1 heterocycles. The summed E-state index contributed by atoms with van der Waals surface area (Å²) in [7, 11) is 0. The van der Waals surface area contributed by atoms with Gasteiger partial charge in [0.1, 0.15) is 0 Å². The van der Waals surface area contributed by atoms with E-state index in [1.165, 1.54) is 0 Å². The number of hydrogen-bond acceptors (Lipinski definition) is 2. The van der Waals surface area contributed by atoms with E-state index in [0.29, 0.717) is 16.5 Å². The maximum atomic E-state index is 6.33. The first kappa shape index (κ1) is 15.8. The van der Waals surface area contributed by atoms with Crippen LogP contribution in [0.15, 0.2) is 28.9 Å². The highest BCUT2D eigenvalue weighted by molar-refractivity contribution is 9.10. The smallest absolute Gasteiger partial charge is 0.0696 e. The Bertz CT molecular complexity index is 598. The summed E-state index contributed by atoms with van der Waals surface area (Å²) in [6, 6.07) is 5.31. The van der Waals surface area contributed by atoms with Gasteiger partial charge in [-0.05, 0) is 46.5 Å². The predicted molar refractivity (Wildman–Crippen MR) is 87.3 cm³/mol. The average Bonchev–Trinajstić information content (AvgIpc) is 2.74. The minimum Gasteiger partial charge on any atom is -0.322 e. The Hall–Kier alpha value is -0.550. The number of benzene rings is 1. The molecule has 0 aliphatic heterocycles. The van der Waals surface area contributed by atoms with Crippen LogP contribution in [0.2, 0.25) is 10.0 Å². The highest BCUT2D eigenvalue weighted by Gasteiger charge is 2.18. The van der Waals surface area contributed by atoms with E-state index >= 15 is 0 Å². The molecule has 2 aromatic rings. The van der Waals surface area contributed by atoms with Gasteiger partial charge in [-0.1, -0.05) is 36.2 Å². The lowest BCUT2D eigenvalue weighted by molar-refractivity contribution is 0.536. The molecule has 2 N–H and O–H groups in total. The lowest BCUT2D eigenvalue weighted by atomic mass is 10.0. The molecule has 0 bridgehead atoms. The number of hydrogen-bond donors (Lipinski definition) is 1. The second-order valence-electron chi connectivity index (χ2n) is 4.65. The quantitative estimate of drug-likeness (QED) is 0.828. The fourth-order valence-electron chi connectivity index (χ4n) is 2.15. The summed E-state index contributed by atoms with van der Waals surface area (Å²) in [4.78, 5) is 0. The third kappa shape index (κ3) is 3.55. The van der Waals surface area contributed by atoms with Gasteiger partial charge in [-0.3, -0.25) is 4.68 Å². The van der Waals surface area contributed by atoms with Crippen molar-refractivity contribution < 1.29 is 0 Å². The minimum atomic E-state index is -0.169. The second-order valence-corrected chi connectivity index (χ2v) is 6.35. The number of rotatable bonds is 5. The van der Waals surface area contributed by atoms with Gasteiger partial charge in [0.2, 0.25) is 0 Å². The minimum absolute atomic E-state index is 0.169. The van der Waals surface area contributed by atoms with Crippen LogP contribution in [0.1, 0.15) is 30.6 Å². The summed E-state index contributed by atoms with van der Waals surface area (Å²) in [5.41, 5.74) is 8.31. The first-order chi connectivity index (χ1) is 9.52. The fourth-order valence-corrected chi connectivity index (χ4v) is 3.23. The molecule has 20 heavy (non-hydrogen) atoms. The van der Waals surface area contributed by atoms with E-state index < -0.39 is 0 Å². The topological polar surface area (TPSA) is 43.8 Å². The van der Waals surface area contributed by atoms with Gasteiger partial charge in [-0.15, -0.1) is 0 Å². The molecular formula is C14H16BrCl2N3. The number of halogens is 3. The molecule has 0 amide bonds. The fraction of sp³-hybridized carbons (Fsp3) is 0.357. The lowest BCUT2D eigenvalue weighted by Gasteiger charge is -2.16. The third-order valence-electron chi connectivity index (χ3n) is 3.07. The van der Waals surface area contributed by atoms with E-state index in [0.717, 1.165) is 28.7 Å². The van der Waals surface area contributed by atoms with Gasteiger partial charge in [-0.2, -0.15) is 5.10 Å². The SMILES string of the molecule is CCCn1ncc(Br)c1C(N)Cc1ccc(Cl)cc1Cl. The van der Waals surface area contributed by atoms with E-state index in [1.54, 1.807) is 12.3 Å². The van der Waals surface area contributed by atoms with Crippen LogP contribution in [-0.4, -0.2) is 9.78 Å². The maximum Gasteiger partial charge on any atom is 0.0696 e. The van der Waals surface area contributed by atoms with Crippen LogP contribution in [0.25, 0.3) is 0 Å². The Morgan fingerprint density at radius 3 is 2.80 bits per heavy atom. The summed E-state index contributed by atoms with van der Waals surface area (Å²) in [5.74, 6) is 0. The highest BCUT2D eigenvalue weighted by atomic mass is 79.9. The van der Waals surface area contributed by atoms with E-state index in [-0.39, 0.29) is 6.04 Å². The standard InChI is InChI=1S/C14H16BrCl2N3/c1-2-5-20-14(11(15)8-19-20)13(18)6-9-3-4-10(16)7-12(9)17/h3-4,7-8,13H,2,5-6,18H2,1H3. The predicted octanol–water partition coefficient (Wildman–Crippen LogP) is 4.60. The summed E-state index contributed by atoms with van der Waals surface area (Å²) >= 11 is 15.6. The van der Waals surface area contributed by atoms with Gasteiger partial charge >= 0.3 is 0 Å². The Morgan fingerprint density at radius 1 is 1.40 bits per heavy atom. The zero-order valence-electron chi connectivity index (χ0n) is 11.1. The van der Waals surface area contributed by atoms with E-state index in [1.807, 2.05) is 16.8 Å². The van der Waals surface area contributed by atoms with Crippen LogP contribution < -0.4 is 5.73 Å². The molecule has 0 spiro atoms. The van der Waals surface area contributed by atoms with Crippen molar-refractivity contribution in [1.82, 2.24) is 9.78 Å².